The Morgan fingerprint density at radius 1 is 1.05 bits per heavy atom. The summed E-state index contributed by atoms with van der Waals surface area (Å²) in [7, 11) is 3.49. The number of nitrogens with zero attached hydrogens (tertiary/aromatic N) is 3. The first-order valence-electron chi connectivity index (χ1n) is 12.2. The van der Waals surface area contributed by atoms with Crippen LogP contribution in [0.25, 0.3) is 0 Å². The third-order valence-corrected chi connectivity index (χ3v) is 5.64. The molecule has 3 amide bonds. The molecule has 0 unspecified atom stereocenters. The second kappa shape index (κ2) is 12.1. The molecule has 0 saturated carbocycles. The quantitative estimate of drug-likeness (QED) is 0.439. The number of rotatable bonds is 4. The molecule has 0 radical (unpaired) electrons. The Kier molecular flexibility index (Phi) is 8.96. The molecule has 0 saturated heterocycles. The fourth-order valence-electron chi connectivity index (χ4n) is 3.58. The largest absolute Gasteiger partial charge is 0.388 e. The van der Waals surface area contributed by atoms with E-state index >= 15 is 0 Å². The molecule has 1 aliphatic rings. The number of hydrogen-bond acceptors (Lipinski definition) is 6. The van der Waals surface area contributed by atoms with Gasteiger partial charge in [0.2, 0.25) is 6.17 Å². The van der Waals surface area contributed by atoms with Gasteiger partial charge in [0.05, 0.1) is 17.1 Å². The van der Waals surface area contributed by atoms with E-state index < -0.39 is 12.2 Å². The Balaban J connectivity index is 0.000000599. The number of amides is 3. The third kappa shape index (κ3) is 7.03. The van der Waals surface area contributed by atoms with Crippen LogP contribution in [0.2, 0.25) is 0 Å². The number of urea groups is 1. The lowest BCUT2D eigenvalue weighted by atomic mass is 10.0. The van der Waals surface area contributed by atoms with E-state index in [0.717, 1.165) is 23.1 Å². The lowest BCUT2D eigenvalue weighted by molar-refractivity contribution is -0.119. The topological polar surface area (TPSA) is 116 Å². The van der Waals surface area contributed by atoms with Crippen LogP contribution in [0.15, 0.2) is 71.9 Å². The average molecular weight is 515 g/mol. The van der Waals surface area contributed by atoms with E-state index in [-0.39, 0.29) is 11.3 Å². The molecule has 0 bridgehead atoms. The summed E-state index contributed by atoms with van der Waals surface area (Å²) in [6.45, 7) is 7.60. The van der Waals surface area contributed by atoms with Crippen molar-refractivity contribution in [1.29, 1.82) is 0 Å². The number of benzene rings is 2. The standard InChI is InChI=1S/C24H24N6O2.C5H10O/c1-15-11-12-16(14-19(15)25-2)27-24(32)29-22-23(31)30(3)20-10-5-4-8-17(20)21(28-22)18-9-6-7-13-26-18;1-5(2,3)4-6/h4-14,22,25H,1-3H3,(H2,27,29,32);4H,1-3H3/t22-;/m0./s1. The number of carbonyl (C=O) groups is 3. The van der Waals surface area contributed by atoms with Crippen LogP contribution in [0.5, 0.6) is 0 Å². The van der Waals surface area contributed by atoms with Crippen LogP contribution in [-0.2, 0) is 9.59 Å². The Morgan fingerprint density at radius 3 is 2.37 bits per heavy atom. The molecule has 9 heteroatoms. The van der Waals surface area contributed by atoms with Gasteiger partial charge in [-0.05, 0) is 42.8 Å². The maximum atomic E-state index is 13.2. The minimum Gasteiger partial charge on any atom is -0.388 e. The van der Waals surface area contributed by atoms with Crippen LogP contribution in [0, 0.1) is 12.3 Å². The van der Waals surface area contributed by atoms with Crippen molar-refractivity contribution in [2.45, 2.75) is 33.9 Å². The molecule has 1 atom stereocenters. The molecular formula is C29H34N6O3. The molecule has 2 heterocycles. The van der Waals surface area contributed by atoms with Gasteiger partial charge in [-0.2, -0.15) is 0 Å². The molecule has 4 rings (SSSR count). The second-order valence-corrected chi connectivity index (χ2v) is 9.87. The molecule has 9 nitrogen and oxygen atoms in total. The SMILES string of the molecule is CC(C)(C)C=O.CNc1cc(NC(=O)N[C@@H]2N=C(c3ccccn3)c3ccccc3N(C)C2=O)ccc1C. The van der Waals surface area contributed by atoms with Gasteiger partial charge in [-0.25, -0.2) is 9.79 Å². The number of benzodiazepines with no additional fused rings is 1. The Bertz CT molecular complexity index is 1330. The average Bonchev–Trinajstić information content (AvgIpc) is 3.01. The Morgan fingerprint density at radius 2 is 1.74 bits per heavy atom. The number of aldehydes is 1. The third-order valence-electron chi connectivity index (χ3n) is 5.64. The fourth-order valence-corrected chi connectivity index (χ4v) is 3.58. The van der Waals surface area contributed by atoms with Crippen molar-refractivity contribution < 1.29 is 14.4 Å². The van der Waals surface area contributed by atoms with Crippen LogP contribution in [0.3, 0.4) is 0 Å². The number of aromatic nitrogens is 1. The molecule has 0 spiro atoms. The summed E-state index contributed by atoms with van der Waals surface area (Å²) in [5.74, 6) is -0.349. The van der Waals surface area contributed by atoms with Gasteiger partial charge < -0.3 is 25.6 Å². The summed E-state index contributed by atoms with van der Waals surface area (Å²) in [6.07, 6.45) is 1.49. The Hall–Kier alpha value is -4.53. The summed E-state index contributed by atoms with van der Waals surface area (Å²) < 4.78 is 0. The van der Waals surface area contributed by atoms with Crippen LogP contribution in [0.4, 0.5) is 21.9 Å². The zero-order chi connectivity index (χ0) is 27.9. The smallest absolute Gasteiger partial charge is 0.321 e. The van der Waals surface area contributed by atoms with Gasteiger partial charge in [-0.3, -0.25) is 9.78 Å². The molecule has 0 fully saturated rings. The molecule has 3 N–H and O–H groups in total. The van der Waals surface area contributed by atoms with E-state index in [0.29, 0.717) is 22.8 Å². The first-order chi connectivity index (χ1) is 18.0. The normalized spacial score (nSPS) is 14.7. The molecule has 3 aromatic rings. The van der Waals surface area contributed by atoms with Crippen molar-refractivity contribution in [3.8, 4) is 0 Å². The van der Waals surface area contributed by atoms with Gasteiger partial charge in [0, 0.05) is 42.6 Å². The predicted molar refractivity (Wildman–Crippen MR) is 152 cm³/mol. The number of anilines is 3. The van der Waals surface area contributed by atoms with Crippen LogP contribution in [0.1, 0.15) is 37.6 Å². The summed E-state index contributed by atoms with van der Waals surface area (Å²) in [4.78, 5) is 46.3. The van der Waals surface area contributed by atoms with Crippen molar-refractivity contribution in [2.24, 2.45) is 10.4 Å². The number of para-hydroxylation sites is 1. The summed E-state index contributed by atoms with van der Waals surface area (Å²) >= 11 is 0. The number of fused-ring (bicyclic) bond motifs is 1. The van der Waals surface area contributed by atoms with Gasteiger partial charge in [0.1, 0.15) is 6.29 Å². The van der Waals surface area contributed by atoms with Crippen LogP contribution >= 0.6 is 0 Å². The first kappa shape index (κ1) is 28.0. The molecular weight excluding hydrogens is 480 g/mol. The fraction of sp³-hybridized carbons (Fsp3) is 0.276. The number of likely N-dealkylation sites (N-methyl/N-ethyl adjacent to an activating group) is 1. The van der Waals surface area contributed by atoms with Crippen LogP contribution in [-0.4, -0.2) is 49.2 Å². The van der Waals surface area contributed by atoms with Crippen LogP contribution < -0.4 is 20.9 Å². The number of aryl methyl sites for hydroxylation is 1. The van der Waals surface area contributed by atoms with Gasteiger partial charge in [0.25, 0.3) is 5.91 Å². The van der Waals surface area contributed by atoms with E-state index in [4.69, 9.17) is 0 Å². The molecule has 38 heavy (non-hydrogen) atoms. The maximum absolute atomic E-state index is 13.2. The minimum atomic E-state index is -1.11. The number of aliphatic imine (C=N–C) groups is 1. The second-order valence-electron chi connectivity index (χ2n) is 9.87. The number of carbonyl (C=O) groups excluding carboxylic acids is 3. The van der Waals surface area contributed by atoms with Gasteiger partial charge in [0.15, 0.2) is 0 Å². The molecule has 1 aliphatic heterocycles. The Labute approximate surface area is 223 Å². The maximum Gasteiger partial charge on any atom is 0.321 e. The lowest BCUT2D eigenvalue weighted by Crippen LogP contribution is -2.47. The van der Waals surface area contributed by atoms with Gasteiger partial charge >= 0.3 is 6.03 Å². The monoisotopic (exact) mass is 514 g/mol. The predicted octanol–water partition coefficient (Wildman–Crippen LogP) is 4.62. The zero-order valence-electron chi connectivity index (χ0n) is 22.6. The minimum absolute atomic E-state index is 0.139. The van der Waals surface area contributed by atoms with Gasteiger partial charge in [-0.1, -0.05) is 51.1 Å². The lowest BCUT2D eigenvalue weighted by Gasteiger charge is -2.21. The van der Waals surface area contributed by atoms with Crippen molar-refractivity contribution in [1.82, 2.24) is 10.3 Å². The number of pyridine rings is 1. The highest BCUT2D eigenvalue weighted by molar-refractivity contribution is 6.19. The summed E-state index contributed by atoms with van der Waals surface area (Å²) in [6, 6.07) is 18.0. The molecule has 1 aromatic heterocycles. The van der Waals surface area contributed by atoms with E-state index in [1.165, 1.54) is 4.90 Å². The number of hydrogen-bond donors (Lipinski definition) is 3. The van der Waals surface area contributed by atoms with E-state index in [9.17, 15) is 14.4 Å². The molecule has 0 aliphatic carbocycles. The molecule has 2 aromatic carbocycles. The molecule has 198 valence electrons. The van der Waals surface area contributed by atoms with E-state index in [2.05, 4.69) is 25.9 Å². The zero-order valence-corrected chi connectivity index (χ0v) is 22.6. The van der Waals surface area contributed by atoms with E-state index in [1.54, 1.807) is 19.3 Å². The van der Waals surface area contributed by atoms with E-state index in [1.807, 2.05) is 89.3 Å². The van der Waals surface area contributed by atoms with Crippen molar-refractivity contribution in [2.75, 3.05) is 29.6 Å². The summed E-state index contributed by atoms with van der Waals surface area (Å²) in [5.41, 5.74) is 5.04. The first-order valence-corrected chi connectivity index (χ1v) is 12.2. The highest BCUT2D eigenvalue weighted by Crippen LogP contribution is 2.26. The highest BCUT2D eigenvalue weighted by atomic mass is 16.2. The summed E-state index contributed by atoms with van der Waals surface area (Å²) in [5, 5.41) is 8.56. The highest BCUT2D eigenvalue weighted by Gasteiger charge is 2.31. The number of nitrogens with one attached hydrogen (secondary N) is 3. The van der Waals surface area contributed by atoms with Gasteiger partial charge in [-0.15, -0.1) is 0 Å². The van der Waals surface area contributed by atoms with Crippen molar-refractivity contribution in [3.05, 3.63) is 83.7 Å². The van der Waals surface area contributed by atoms with Crippen molar-refractivity contribution in [3.63, 3.8) is 0 Å². The van der Waals surface area contributed by atoms with Crippen molar-refractivity contribution >= 4 is 41.0 Å².